The maximum atomic E-state index is 12.6. The van der Waals surface area contributed by atoms with Crippen LogP contribution < -0.4 is 11.1 Å². The van der Waals surface area contributed by atoms with Gasteiger partial charge in [0.25, 0.3) is 0 Å². The summed E-state index contributed by atoms with van der Waals surface area (Å²) in [4.78, 5) is 12.6. The number of ether oxygens (including phenoxy) is 1. The van der Waals surface area contributed by atoms with Crippen LogP contribution in [0.4, 0.5) is 5.69 Å². The second-order valence-corrected chi connectivity index (χ2v) is 6.85. The molecule has 0 aromatic heterocycles. The van der Waals surface area contributed by atoms with Gasteiger partial charge in [-0.15, -0.1) is 0 Å². The number of anilines is 1. The maximum absolute atomic E-state index is 12.6. The van der Waals surface area contributed by atoms with Crippen LogP contribution >= 0.6 is 0 Å². The topological polar surface area (TPSA) is 64.4 Å². The first kappa shape index (κ1) is 15.8. The van der Waals surface area contributed by atoms with E-state index >= 15 is 0 Å². The molecule has 1 amide bonds. The standard InChI is InChI=1S/C17H26N2O2/c1-16(2,13-4-6-14(18)7-5-13)15(20)19-12-17(3)8-10-21-11-9-17/h4-7H,8-12,18H2,1-3H3,(H,19,20). The number of nitrogen functional groups attached to an aromatic ring is 1. The minimum absolute atomic E-state index is 0.0555. The van der Waals surface area contributed by atoms with Crippen LogP contribution in [0.3, 0.4) is 0 Å². The summed E-state index contributed by atoms with van der Waals surface area (Å²) < 4.78 is 5.39. The molecular weight excluding hydrogens is 264 g/mol. The summed E-state index contributed by atoms with van der Waals surface area (Å²) in [5, 5.41) is 3.12. The van der Waals surface area contributed by atoms with Crippen molar-refractivity contribution in [1.82, 2.24) is 5.32 Å². The fourth-order valence-corrected chi connectivity index (χ4v) is 2.59. The van der Waals surface area contributed by atoms with E-state index in [4.69, 9.17) is 10.5 Å². The Morgan fingerprint density at radius 1 is 1.29 bits per heavy atom. The Balaban J connectivity index is 1.99. The lowest BCUT2D eigenvalue weighted by molar-refractivity contribution is -0.126. The van der Waals surface area contributed by atoms with Crippen LogP contribution in [0.15, 0.2) is 24.3 Å². The summed E-state index contributed by atoms with van der Waals surface area (Å²) in [7, 11) is 0. The van der Waals surface area contributed by atoms with Crippen molar-refractivity contribution in [2.45, 2.75) is 39.0 Å². The summed E-state index contributed by atoms with van der Waals surface area (Å²) in [5.41, 5.74) is 6.98. The summed E-state index contributed by atoms with van der Waals surface area (Å²) in [6.45, 7) is 8.38. The molecule has 1 saturated heterocycles. The van der Waals surface area contributed by atoms with Crippen molar-refractivity contribution in [2.24, 2.45) is 5.41 Å². The Morgan fingerprint density at radius 3 is 2.43 bits per heavy atom. The molecule has 116 valence electrons. The normalized spacial score (nSPS) is 18.2. The van der Waals surface area contributed by atoms with Crippen molar-refractivity contribution in [3.05, 3.63) is 29.8 Å². The molecule has 1 aliphatic rings. The van der Waals surface area contributed by atoms with Crippen molar-refractivity contribution in [2.75, 3.05) is 25.5 Å². The lowest BCUT2D eigenvalue weighted by Gasteiger charge is -2.35. The smallest absolute Gasteiger partial charge is 0.230 e. The number of carbonyl (C=O) groups excluding carboxylic acids is 1. The molecule has 1 aliphatic heterocycles. The van der Waals surface area contributed by atoms with E-state index in [1.165, 1.54) is 0 Å². The fourth-order valence-electron chi connectivity index (χ4n) is 2.59. The molecule has 4 heteroatoms. The summed E-state index contributed by atoms with van der Waals surface area (Å²) >= 11 is 0. The van der Waals surface area contributed by atoms with Crippen LogP contribution in [0.25, 0.3) is 0 Å². The molecule has 0 atom stereocenters. The summed E-state index contributed by atoms with van der Waals surface area (Å²) in [6, 6.07) is 7.52. The quantitative estimate of drug-likeness (QED) is 0.837. The van der Waals surface area contributed by atoms with E-state index in [0.29, 0.717) is 12.2 Å². The van der Waals surface area contributed by atoms with Gasteiger partial charge in [-0.05, 0) is 49.8 Å². The molecule has 0 bridgehead atoms. The van der Waals surface area contributed by atoms with Crippen LogP contribution in [0.1, 0.15) is 39.2 Å². The first-order valence-corrected chi connectivity index (χ1v) is 7.56. The largest absolute Gasteiger partial charge is 0.399 e. The lowest BCUT2D eigenvalue weighted by Crippen LogP contribution is -2.45. The number of amides is 1. The summed E-state index contributed by atoms with van der Waals surface area (Å²) in [6.07, 6.45) is 1.99. The number of nitrogens with two attached hydrogens (primary N) is 1. The average Bonchev–Trinajstić information content (AvgIpc) is 2.46. The maximum Gasteiger partial charge on any atom is 0.230 e. The number of benzene rings is 1. The van der Waals surface area contributed by atoms with Gasteiger partial charge in [0.05, 0.1) is 5.41 Å². The van der Waals surface area contributed by atoms with E-state index in [2.05, 4.69) is 12.2 Å². The van der Waals surface area contributed by atoms with Crippen LogP contribution in [0.2, 0.25) is 0 Å². The molecule has 0 unspecified atom stereocenters. The van der Waals surface area contributed by atoms with Gasteiger partial charge < -0.3 is 15.8 Å². The van der Waals surface area contributed by atoms with Gasteiger partial charge in [-0.1, -0.05) is 19.1 Å². The Bertz CT molecular complexity index is 488. The molecule has 0 spiro atoms. The molecule has 0 radical (unpaired) electrons. The fraction of sp³-hybridized carbons (Fsp3) is 0.588. The third-order valence-electron chi connectivity index (χ3n) is 4.58. The van der Waals surface area contributed by atoms with Crippen LogP contribution in [-0.4, -0.2) is 25.7 Å². The zero-order valence-electron chi connectivity index (χ0n) is 13.2. The van der Waals surface area contributed by atoms with Gasteiger partial charge in [-0.3, -0.25) is 4.79 Å². The Kier molecular flexibility index (Phi) is 4.57. The molecule has 0 saturated carbocycles. The van der Waals surface area contributed by atoms with Gasteiger partial charge in [0, 0.05) is 25.4 Å². The first-order valence-electron chi connectivity index (χ1n) is 7.56. The highest BCUT2D eigenvalue weighted by molar-refractivity contribution is 5.87. The molecule has 2 rings (SSSR count). The third-order valence-corrected chi connectivity index (χ3v) is 4.58. The van der Waals surface area contributed by atoms with Gasteiger partial charge in [-0.25, -0.2) is 0 Å². The zero-order chi connectivity index (χ0) is 15.5. The van der Waals surface area contributed by atoms with Gasteiger partial charge in [0.15, 0.2) is 0 Å². The minimum atomic E-state index is -0.560. The number of carbonyl (C=O) groups is 1. The van der Waals surface area contributed by atoms with E-state index < -0.39 is 5.41 Å². The van der Waals surface area contributed by atoms with Crippen molar-refractivity contribution in [3.63, 3.8) is 0 Å². The number of hydrogen-bond acceptors (Lipinski definition) is 3. The lowest BCUT2D eigenvalue weighted by atomic mass is 9.80. The highest BCUT2D eigenvalue weighted by atomic mass is 16.5. The minimum Gasteiger partial charge on any atom is -0.399 e. The van der Waals surface area contributed by atoms with Crippen molar-refractivity contribution >= 4 is 11.6 Å². The second-order valence-electron chi connectivity index (χ2n) is 6.85. The van der Waals surface area contributed by atoms with Crippen LogP contribution in [0.5, 0.6) is 0 Å². The first-order chi connectivity index (χ1) is 9.83. The molecular formula is C17H26N2O2. The van der Waals surface area contributed by atoms with E-state index in [9.17, 15) is 4.79 Å². The molecule has 3 N–H and O–H groups in total. The van der Waals surface area contributed by atoms with Gasteiger partial charge >= 0.3 is 0 Å². The summed E-state index contributed by atoms with van der Waals surface area (Å²) in [5.74, 6) is 0.0555. The Hall–Kier alpha value is -1.55. The monoisotopic (exact) mass is 290 g/mol. The van der Waals surface area contributed by atoms with E-state index in [0.717, 1.165) is 31.6 Å². The molecule has 4 nitrogen and oxygen atoms in total. The molecule has 1 heterocycles. The molecule has 1 aromatic rings. The van der Waals surface area contributed by atoms with E-state index in [-0.39, 0.29) is 11.3 Å². The van der Waals surface area contributed by atoms with Crippen LogP contribution in [0, 0.1) is 5.41 Å². The predicted molar refractivity (Wildman–Crippen MR) is 85.1 cm³/mol. The van der Waals surface area contributed by atoms with Crippen LogP contribution in [-0.2, 0) is 14.9 Å². The van der Waals surface area contributed by atoms with E-state index in [1.807, 2.05) is 38.1 Å². The average molecular weight is 290 g/mol. The van der Waals surface area contributed by atoms with Crippen molar-refractivity contribution in [1.29, 1.82) is 0 Å². The van der Waals surface area contributed by atoms with E-state index in [1.54, 1.807) is 0 Å². The number of hydrogen-bond donors (Lipinski definition) is 2. The molecule has 0 aliphatic carbocycles. The van der Waals surface area contributed by atoms with Gasteiger partial charge in [-0.2, -0.15) is 0 Å². The van der Waals surface area contributed by atoms with Gasteiger partial charge in [0.2, 0.25) is 5.91 Å². The molecule has 21 heavy (non-hydrogen) atoms. The van der Waals surface area contributed by atoms with Crippen molar-refractivity contribution in [3.8, 4) is 0 Å². The molecule has 1 fully saturated rings. The highest BCUT2D eigenvalue weighted by Crippen LogP contribution is 2.30. The highest BCUT2D eigenvalue weighted by Gasteiger charge is 2.33. The third kappa shape index (κ3) is 3.76. The predicted octanol–water partition coefficient (Wildman–Crippen LogP) is 2.48. The molecule has 1 aromatic carbocycles. The van der Waals surface area contributed by atoms with Crippen molar-refractivity contribution < 1.29 is 9.53 Å². The number of nitrogens with one attached hydrogen (secondary N) is 1. The Morgan fingerprint density at radius 2 is 1.86 bits per heavy atom. The Labute approximate surface area is 127 Å². The van der Waals surface area contributed by atoms with Gasteiger partial charge in [0.1, 0.15) is 0 Å². The second kappa shape index (κ2) is 6.06. The number of rotatable bonds is 4. The SMILES string of the molecule is CC1(CNC(=O)C(C)(C)c2ccc(N)cc2)CCOCC1. The zero-order valence-corrected chi connectivity index (χ0v) is 13.2.